The minimum atomic E-state index is -5.28. The molecule has 0 amide bonds. The molecule has 0 unspecified atom stereocenters. The third kappa shape index (κ3) is 3.62. The summed E-state index contributed by atoms with van der Waals surface area (Å²) in [6.07, 6.45) is -10.5. The highest BCUT2D eigenvalue weighted by molar-refractivity contribution is 5.89. The van der Waals surface area contributed by atoms with Gasteiger partial charge in [-0.05, 0) is 29.3 Å². The van der Waals surface area contributed by atoms with E-state index in [1.807, 2.05) is 0 Å². The Morgan fingerprint density at radius 2 is 1.25 bits per heavy atom. The first kappa shape index (κ1) is 19.6. The molecule has 0 aliphatic heterocycles. The summed E-state index contributed by atoms with van der Waals surface area (Å²) in [5.74, 6) is 0. The molecule has 0 saturated heterocycles. The lowest BCUT2D eigenvalue weighted by Gasteiger charge is -2.20. The van der Waals surface area contributed by atoms with Crippen molar-refractivity contribution in [3.05, 3.63) is 71.8 Å². The summed E-state index contributed by atoms with van der Waals surface area (Å²) < 4.78 is 79.3. The zero-order valence-corrected chi connectivity index (χ0v) is 14.2. The summed E-state index contributed by atoms with van der Waals surface area (Å²) in [7, 11) is 0. The summed E-state index contributed by atoms with van der Waals surface area (Å²) in [4.78, 5) is 0. The quantitative estimate of drug-likeness (QED) is 0.399. The molecule has 0 spiro atoms. The van der Waals surface area contributed by atoms with Crippen LogP contribution in [0.15, 0.2) is 60.7 Å². The maximum atomic E-state index is 13.4. The van der Waals surface area contributed by atoms with Crippen LogP contribution < -0.4 is 11.5 Å². The molecule has 0 radical (unpaired) electrons. The van der Waals surface area contributed by atoms with E-state index in [-0.39, 0.29) is 16.8 Å². The predicted octanol–water partition coefficient (Wildman–Crippen LogP) is 6.22. The first-order valence-corrected chi connectivity index (χ1v) is 8.02. The van der Waals surface area contributed by atoms with Gasteiger partial charge in [0.2, 0.25) is 0 Å². The van der Waals surface area contributed by atoms with Crippen molar-refractivity contribution in [1.82, 2.24) is 0 Å². The van der Waals surface area contributed by atoms with Crippen LogP contribution in [0.2, 0.25) is 0 Å². The molecular weight excluding hydrogens is 382 g/mol. The third-order valence-corrected chi connectivity index (χ3v) is 4.28. The Morgan fingerprint density at radius 3 is 1.82 bits per heavy atom. The molecule has 3 aromatic carbocycles. The van der Waals surface area contributed by atoms with Gasteiger partial charge in [0.1, 0.15) is 0 Å². The molecule has 0 heterocycles. The number of nitrogen functional groups attached to an aromatic ring is 2. The monoisotopic (exact) mass is 396 g/mol. The lowest BCUT2D eigenvalue weighted by atomic mass is 9.92. The number of hydrogen-bond donors (Lipinski definition) is 2. The lowest BCUT2D eigenvalue weighted by Crippen LogP contribution is -2.19. The molecule has 3 aromatic rings. The van der Waals surface area contributed by atoms with E-state index in [1.165, 1.54) is 12.1 Å². The van der Waals surface area contributed by atoms with Crippen LogP contribution in [0.1, 0.15) is 11.1 Å². The molecule has 0 aliphatic carbocycles. The molecule has 8 heteroatoms. The smallest absolute Gasteiger partial charge is 0.398 e. The molecular formula is C20H14F6N2. The van der Waals surface area contributed by atoms with Crippen molar-refractivity contribution in [3.8, 4) is 22.3 Å². The van der Waals surface area contributed by atoms with Gasteiger partial charge in [0, 0.05) is 16.8 Å². The number of halogens is 6. The van der Waals surface area contributed by atoms with Crippen molar-refractivity contribution in [2.75, 3.05) is 11.5 Å². The highest BCUT2D eigenvalue weighted by atomic mass is 19.4. The molecule has 3 rings (SSSR count). The van der Waals surface area contributed by atoms with Crippen LogP contribution in [0.3, 0.4) is 0 Å². The van der Waals surface area contributed by atoms with Gasteiger partial charge < -0.3 is 11.5 Å². The normalized spacial score (nSPS) is 12.2. The Kier molecular flexibility index (Phi) is 4.74. The Balaban J connectivity index is 2.25. The topological polar surface area (TPSA) is 52.0 Å². The summed E-state index contributed by atoms with van der Waals surface area (Å²) >= 11 is 0. The molecule has 0 bridgehead atoms. The van der Waals surface area contributed by atoms with E-state index in [9.17, 15) is 26.3 Å². The first-order valence-electron chi connectivity index (χ1n) is 8.02. The fourth-order valence-corrected chi connectivity index (χ4v) is 3.00. The Morgan fingerprint density at radius 1 is 0.607 bits per heavy atom. The van der Waals surface area contributed by atoms with E-state index in [1.54, 1.807) is 36.4 Å². The zero-order chi connectivity index (χ0) is 20.7. The highest BCUT2D eigenvalue weighted by Gasteiger charge is 2.45. The fraction of sp³-hybridized carbons (Fsp3) is 0.100. The van der Waals surface area contributed by atoms with Gasteiger partial charge in [0.15, 0.2) is 0 Å². The van der Waals surface area contributed by atoms with Crippen LogP contribution in [0.25, 0.3) is 22.3 Å². The highest BCUT2D eigenvalue weighted by Crippen LogP contribution is 2.47. The molecule has 4 N–H and O–H groups in total. The number of nitrogens with two attached hydrogens (primary N) is 2. The predicted molar refractivity (Wildman–Crippen MR) is 96.1 cm³/mol. The van der Waals surface area contributed by atoms with Crippen LogP contribution >= 0.6 is 0 Å². The second-order valence-corrected chi connectivity index (χ2v) is 6.11. The summed E-state index contributed by atoms with van der Waals surface area (Å²) in [6.45, 7) is 0. The molecule has 0 saturated carbocycles. The number of anilines is 2. The molecule has 2 nitrogen and oxygen atoms in total. The number of benzene rings is 3. The van der Waals surface area contributed by atoms with Crippen molar-refractivity contribution >= 4 is 11.4 Å². The summed E-state index contributed by atoms with van der Waals surface area (Å²) in [6, 6.07) is 14.9. The fourth-order valence-electron chi connectivity index (χ4n) is 3.00. The van der Waals surface area contributed by atoms with E-state index in [2.05, 4.69) is 0 Å². The van der Waals surface area contributed by atoms with Gasteiger partial charge in [-0.25, -0.2) is 0 Å². The minimum Gasteiger partial charge on any atom is -0.398 e. The van der Waals surface area contributed by atoms with E-state index >= 15 is 0 Å². The lowest BCUT2D eigenvalue weighted by molar-refractivity contribution is -0.161. The van der Waals surface area contributed by atoms with Gasteiger partial charge in [0.25, 0.3) is 0 Å². The third-order valence-electron chi connectivity index (χ3n) is 4.28. The maximum absolute atomic E-state index is 13.4. The van der Waals surface area contributed by atoms with Gasteiger partial charge in [0.05, 0.1) is 16.8 Å². The molecule has 0 fully saturated rings. The van der Waals surface area contributed by atoms with Crippen molar-refractivity contribution in [1.29, 1.82) is 0 Å². The van der Waals surface area contributed by atoms with Crippen molar-refractivity contribution in [2.45, 2.75) is 12.4 Å². The summed E-state index contributed by atoms with van der Waals surface area (Å²) in [5.41, 5.74) is 8.12. The maximum Gasteiger partial charge on any atom is 0.419 e. The van der Waals surface area contributed by atoms with Crippen molar-refractivity contribution in [2.24, 2.45) is 0 Å². The van der Waals surface area contributed by atoms with Crippen LogP contribution in [0.4, 0.5) is 37.7 Å². The molecule has 0 aromatic heterocycles. The summed E-state index contributed by atoms with van der Waals surface area (Å²) in [5, 5.41) is 0. The number of rotatable bonds is 2. The van der Waals surface area contributed by atoms with Gasteiger partial charge >= 0.3 is 12.4 Å². The largest absolute Gasteiger partial charge is 0.419 e. The van der Waals surface area contributed by atoms with E-state index in [0.717, 1.165) is 11.6 Å². The van der Waals surface area contributed by atoms with Gasteiger partial charge in [-0.15, -0.1) is 0 Å². The number of hydrogen-bond acceptors (Lipinski definition) is 2. The second-order valence-electron chi connectivity index (χ2n) is 6.11. The van der Waals surface area contributed by atoms with E-state index in [0.29, 0.717) is 11.6 Å². The van der Waals surface area contributed by atoms with E-state index in [4.69, 9.17) is 11.5 Å². The van der Waals surface area contributed by atoms with E-state index < -0.39 is 29.2 Å². The first-order chi connectivity index (χ1) is 13.0. The van der Waals surface area contributed by atoms with Gasteiger partial charge in [-0.1, -0.05) is 42.5 Å². The molecule has 28 heavy (non-hydrogen) atoms. The Labute approximate surface area is 156 Å². The second kappa shape index (κ2) is 6.78. The Bertz CT molecular complexity index is 1010. The van der Waals surface area contributed by atoms with Crippen LogP contribution in [0, 0.1) is 0 Å². The molecule has 0 aliphatic rings. The van der Waals surface area contributed by atoms with Crippen LogP contribution in [-0.4, -0.2) is 0 Å². The van der Waals surface area contributed by atoms with Gasteiger partial charge in [-0.3, -0.25) is 0 Å². The Hall–Kier alpha value is -3.16. The van der Waals surface area contributed by atoms with Crippen LogP contribution in [0.5, 0.6) is 0 Å². The average molecular weight is 396 g/mol. The standard InChI is InChI=1S/C20H14F6N2/c21-19(22,23)15-8-7-13(18(28)17(15)20(24,25)26)14-10-12(6-9-16(14)27)11-4-2-1-3-5-11/h1-10H,27-28H2. The van der Waals surface area contributed by atoms with Crippen molar-refractivity contribution < 1.29 is 26.3 Å². The van der Waals surface area contributed by atoms with Crippen LogP contribution in [-0.2, 0) is 12.4 Å². The van der Waals surface area contributed by atoms with Gasteiger partial charge in [-0.2, -0.15) is 26.3 Å². The molecule has 146 valence electrons. The average Bonchev–Trinajstić information content (AvgIpc) is 2.61. The minimum absolute atomic E-state index is 0.0965. The number of alkyl halides is 6. The van der Waals surface area contributed by atoms with Crippen molar-refractivity contribution in [3.63, 3.8) is 0 Å². The SMILES string of the molecule is Nc1ccc(-c2ccccc2)cc1-c1ccc(C(F)(F)F)c(C(F)(F)F)c1N. The zero-order valence-electron chi connectivity index (χ0n) is 14.2. The molecule has 0 atom stereocenters.